The van der Waals surface area contributed by atoms with Gasteiger partial charge in [-0.2, -0.15) is 5.10 Å². The number of halogens is 1. The molecule has 23 heavy (non-hydrogen) atoms. The quantitative estimate of drug-likeness (QED) is 0.864. The van der Waals surface area contributed by atoms with Crippen molar-refractivity contribution >= 4 is 21.8 Å². The third kappa shape index (κ3) is 2.55. The van der Waals surface area contributed by atoms with E-state index < -0.39 is 0 Å². The molecule has 5 heteroatoms. The standard InChI is InChI=1S/C18H26BrN3O/c1-10-16(19)11(2)22(21-10)12(3)17(23)20-18-7-13-4-14(8-18)6-15(5-13)9-18/h12-15H,4-9H2,1-3H3,(H,20,23). The molecule has 1 atom stereocenters. The normalized spacial score (nSPS) is 36.3. The summed E-state index contributed by atoms with van der Waals surface area (Å²) in [7, 11) is 0. The molecule has 1 amide bonds. The van der Waals surface area contributed by atoms with Gasteiger partial charge >= 0.3 is 0 Å². The van der Waals surface area contributed by atoms with Gasteiger partial charge in [-0.25, -0.2) is 0 Å². The Labute approximate surface area is 146 Å². The number of nitrogens with zero attached hydrogens (tertiary/aromatic N) is 2. The lowest BCUT2D eigenvalue weighted by Gasteiger charge is -2.57. The van der Waals surface area contributed by atoms with E-state index in [1.165, 1.54) is 38.5 Å². The molecular weight excluding hydrogens is 354 g/mol. The molecule has 126 valence electrons. The number of aromatic nitrogens is 2. The van der Waals surface area contributed by atoms with E-state index in [0.29, 0.717) is 0 Å². The van der Waals surface area contributed by atoms with Crippen LogP contribution in [0, 0.1) is 31.6 Å². The first-order valence-corrected chi connectivity index (χ1v) is 9.69. The minimum absolute atomic E-state index is 0.0768. The fourth-order valence-electron chi connectivity index (χ4n) is 5.76. The van der Waals surface area contributed by atoms with E-state index in [9.17, 15) is 4.79 Å². The monoisotopic (exact) mass is 379 g/mol. The van der Waals surface area contributed by atoms with E-state index in [2.05, 4.69) is 26.3 Å². The number of hydrogen-bond donors (Lipinski definition) is 1. The molecule has 1 heterocycles. The van der Waals surface area contributed by atoms with Crippen molar-refractivity contribution in [1.29, 1.82) is 0 Å². The van der Waals surface area contributed by atoms with Crippen LogP contribution in [0.2, 0.25) is 0 Å². The van der Waals surface area contributed by atoms with E-state index in [4.69, 9.17) is 0 Å². The van der Waals surface area contributed by atoms with Crippen LogP contribution in [0.15, 0.2) is 4.47 Å². The summed E-state index contributed by atoms with van der Waals surface area (Å²) in [6.07, 6.45) is 7.77. The molecule has 4 fully saturated rings. The SMILES string of the molecule is Cc1nn(C(C)C(=O)NC23CC4CC(CC(C4)C2)C3)c(C)c1Br. The van der Waals surface area contributed by atoms with E-state index in [1.54, 1.807) is 0 Å². The lowest BCUT2D eigenvalue weighted by atomic mass is 9.53. The molecular formula is C18H26BrN3O. The molecule has 4 aliphatic carbocycles. The minimum Gasteiger partial charge on any atom is -0.349 e. The molecule has 1 unspecified atom stereocenters. The average Bonchev–Trinajstić information content (AvgIpc) is 2.72. The number of carbonyl (C=O) groups excluding carboxylic acids is 1. The highest BCUT2D eigenvalue weighted by Crippen LogP contribution is 2.55. The van der Waals surface area contributed by atoms with Crippen LogP contribution in [0.1, 0.15) is 62.9 Å². The first-order chi connectivity index (χ1) is 10.9. The Kier molecular flexibility index (Phi) is 3.63. The molecule has 5 rings (SSSR count). The highest BCUT2D eigenvalue weighted by Gasteiger charge is 2.51. The average molecular weight is 380 g/mol. The maximum atomic E-state index is 12.9. The van der Waals surface area contributed by atoms with Crippen molar-refractivity contribution in [3.8, 4) is 0 Å². The molecule has 0 saturated heterocycles. The van der Waals surface area contributed by atoms with Crippen LogP contribution in [-0.4, -0.2) is 21.2 Å². The Morgan fingerprint density at radius 1 is 1.22 bits per heavy atom. The van der Waals surface area contributed by atoms with Crippen LogP contribution in [-0.2, 0) is 4.79 Å². The number of nitrogens with one attached hydrogen (secondary N) is 1. The predicted octanol–water partition coefficient (Wildman–Crippen LogP) is 3.91. The van der Waals surface area contributed by atoms with Crippen LogP contribution in [0.25, 0.3) is 0 Å². The van der Waals surface area contributed by atoms with Gasteiger partial charge in [-0.3, -0.25) is 9.48 Å². The Bertz CT molecular complexity index is 616. The molecule has 0 radical (unpaired) electrons. The van der Waals surface area contributed by atoms with Crippen LogP contribution in [0.4, 0.5) is 0 Å². The minimum atomic E-state index is -0.256. The lowest BCUT2D eigenvalue weighted by molar-refractivity contribution is -0.130. The number of hydrogen-bond acceptors (Lipinski definition) is 2. The van der Waals surface area contributed by atoms with Crippen molar-refractivity contribution in [3.05, 3.63) is 15.9 Å². The summed E-state index contributed by atoms with van der Waals surface area (Å²) in [5, 5.41) is 8.00. The second kappa shape index (κ2) is 5.33. The Morgan fingerprint density at radius 2 is 1.74 bits per heavy atom. The van der Waals surface area contributed by atoms with Crippen molar-refractivity contribution in [3.63, 3.8) is 0 Å². The van der Waals surface area contributed by atoms with Gasteiger partial charge in [0.15, 0.2) is 0 Å². The van der Waals surface area contributed by atoms with Crippen molar-refractivity contribution in [1.82, 2.24) is 15.1 Å². The fraction of sp³-hybridized carbons (Fsp3) is 0.778. The zero-order valence-electron chi connectivity index (χ0n) is 14.2. The highest BCUT2D eigenvalue weighted by atomic mass is 79.9. The molecule has 0 aromatic carbocycles. The molecule has 4 nitrogen and oxygen atoms in total. The van der Waals surface area contributed by atoms with Crippen LogP contribution in [0.3, 0.4) is 0 Å². The number of rotatable bonds is 3. The van der Waals surface area contributed by atoms with E-state index >= 15 is 0 Å². The zero-order valence-corrected chi connectivity index (χ0v) is 15.8. The largest absolute Gasteiger partial charge is 0.349 e. The van der Waals surface area contributed by atoms with Crippen LogP contribution >= 0.6 is 15.9 Å². The first-order valence-electron chi connectivity index (χ1n) is 8.90. The highest BCUT2D eigenvalue weighted by molar-refractivity contribution is 9.10. The second-order valence-corrected chi connectivity index (χ2v) is 9.09. The van der Waals surface area contributed by atoms with E-state index in [0.717, 1.165) is 33.6 Å². The molecule has 1 N–H and O–H groups in total. The summed E-state index contributed by atoms with van der Waals surface area (Å²) in [5.41, 5.74) is 2.04. The second-order valence-electron chi connectivity index (χ2n) is 8.29. The van der Waals surface area contributed by atoms with Gasteiger partial charge in [0.2, 0.25) is 5.91 Å². The molecule has 4 bridgehead atoms. The number of amides is 1. The van der Waals surface area contributed by atoms with Crippen molar-refractivity contribution in [2.24, 2.45) is 17.8 Å². The van der Waals surface area contributed by atoms with Gasteiger partial charge < -0.3 is 5.32 Å². The first kappa shape index (κ1) is 15.7. The van der Waals surface area contributed by atoms with Gasteiger partial charge in [-0.1, -0.05) is 0 Å². The smallest absolute Gasteiger partial charge is 0.245 e. The molecule has 0 spiro atoms. The number of aryl methyl sites for hydroxylation is 1. The van der Waals surface area contributed by atoms with Gasteiger partial charge in [0.05, 0.1) is 15.9 Å². The summed E-state index contributed by atoms with van der Waals surface area (Å²) in [6.45, 7) is 5.94. The molecule has 1 aromatic rings. The lowest BCUT2D eigenvalue weighted by Crippen LogP contribution is -2.60. The number of carbonyl (C=O) groups is 1. The van der Waals surface area contributed by atoms with Crippen LogP contribution < -0.4 is 5.32 Å². The zero-order chi connectivity index (χ0) is 16.4. The molecule has 1 aromatic heterocycles. The van der Waals surface area contributed by atoms with Gasteiger partial charge in [-0.15, -0.1) is 0 Å². The summed E-state index contributed by atoms with van der Waals surface area (Å²) < 4.78 is 2.86. The summed E-state index contributed by atoms with van der Waals surface area (Å²) in [4.78, 5) is 12.9. The summed E-state index contributed by atoms with van der Waals surface area (Å²) in [6, 6.07) is -0.256. The van der Waals surface area contributed by atoms with Gasteiger partial charge in [0.1, 0.15) is 6.04 Å². The third-order valence-corrected chi connectivity index (χ3v) is 7.56. The molecule has 4 aliphatic rings. The van der Waals surface area contributed by atoms with Gasteiger partial charge in [0, 0.05) is 5.54 Å². The van der Waals surface area contributed by atoms with Crippen molar-refractivity contribution in [2.45, 2.75) is 70.9 Å². The molecule has 4 saturated carbocycles. The molecule has 0 aliphatic heterocycles. The van der Waals surface area contributed by atoms with E-state index in [-0.39, 0.29) is 17.5 Å². The Balaban J connectivity index is 1.52. The van der Waals surface area contributed by atoms with E-state index in [1.807, 2.05) is 25.5 Å². The Morgan fingerprint density at radius 3 is 2.17 bits per heavy atom. The summed E-state index contributed by atoms with van der Waals surface area (Å²) >= 11 is 3.56. The third-order valence-electron chi connectivity index (χ3n) is 6.41. The fourth-order valence-corrected chi connectivity index (χ4v) is 6.02. The van der Waals surface area contributed by atoms with Crippen LogP contribution in [0.5, 0.6) is 0 Å². The van der Waals surface area contributed by atoms with Crippen molar-refractivity contribution < 1.29 is 4.79 Å². The Hall–Kier alpha value is -0.840. The van der Waals surface area contributed by atoms with Gasteiger partial charge in [-0.05, 0) is 93.0 Å². The van der Waals surface area contributed by atoms with Crippen molar-refractivity contribution in [2.75, 3.05) is 0 Å². The predicted molar refractivity (Wildman–Crippen MR) is 93.2 cm³/mol. The topological polar surface area (TPSA) is 46.9 Å². The maximum Gasteiger partial charge on any atom is 0.245 e. The maximum absolute atomic E-state index is 12.9. The van der Waals surface area contributed by atoms with Gasteiger partial charge in [0.25, 0.3) is 0 Å². The summed E-state index contributed by atoms with van der Waals surface area (Å²) in [5.74, 6) is 2.67.